The topological polar surface area (TPSA) is 149 Å². The van der Waals surface area contributed by atoms with E-state index >= 15 is 0 Å². The van der Waals surface area contributed by atoms with Crippen LogP contribution in [0.3, 0.4) is 0 Å². The van der Waals surface area contributed by atoms with Gasteiger partial charge in [0.15, 0.2) is 5.65 Å². The number of aliphatic hydroxyl groups excluding tert-OH is 2. The highest BCUT2D eigenvalue weighted by atomic mass is 35.5. The Labute approximate surface area is 192 Å². The van der Waals surface area contributed by atoms with Gasteiger partial charge >= 0.3 is 0 Å². The van der Waals surface area contributed by atoms with E-state index in [0.29, 0.717) is 46.2 Å². The fourth-order valence-corrected chi connectivity index (χ4v) is 4.44. The first-order valence-electron chi connectivity index (χ1n) is 10.3. The molecule has 0 saturated carbocycles. The molecule has 0 spiro atoms. The molecule has 1 aliphatic carbocycles. The summed E-state index contributed by atoms with van der Waals surface area (Å²) in [6.07, 6.45) is 2.00. The van der Waals surface area contributed by atoms with E-state index < -0.39 is 24.1 Å². The molecule has 0 fully saturated rings. The van der Waals surface area contributed by atoms with Crippen molar-refractivity contribution in [2.24, 2.45) is 0 Å². The van der Waals surface area contributed by atoms with Gasteiger partial charge in [-0.15, -0.1) is 0 Å². The number of anilines is 2. The van der Waals surface area contributed by atoms with Gasteiger partial charge in [0.25, 0.3) is 0 Å². The Morgan fingerprint density at radius 3 is 2.67 bits per heavy atom. The lowest BCUT2D eigenvalue weighted by atomic mass is 10.0. The lowest BCUT2D eigenvalue weighted by Gasteiger charge is -2.18. The van der Waals surface area contributed by atoms with Crippen LogP contribution in [0.25, 0.3) is 21.9 Å². The summed E-state index contributed by atoms with van der Waals surface area (Å²) in [5, 5.41) is 26.9. The number of aryl methyl sites for hydroxylation is 2. The quantitative estimate of drug-likeness (QED) is 0.333. The third-order valence-corrected chi connectivity index (χ3v) is 6.31. The van der Waals surface area contributed by atoms with Crippen LogP contribution >= 0.6 is 11.6 Å². The Morgan fingerprint density at radius 2 is 1.88 bits per heavy atom. The minimum Gasteiger partial charge on any atom is -0.387 e. The molecule has 4 aromatic rings. The molecule has 0 unspecified atom stereocenters. The number of aliphatic hydroxyl groups is 2. The molecule has 5 rings (SSSR count). The SMILES string of the molecule is Cc1nc(N)nc2c1cnn2[C@@H]1C=C(CCc2cc(F)c3cc(Cl)c(N)nc3c2)[C@@H](O)[C@H]1O. The number of fused-ring (bicyclic) bond motifs is 2. The van der Waals surface area contributed by atoms with E-state index in [1.54, 1.807) is 25.3 Å². The van der Waals surface area contributed by atoms with Crippen LogP contribution in [0.2, 0.25) is 5.02 Å². The zero-order chi connectivity index (χ0) is 23.4. The first kappa shape index (κ1) is 21.5. The lowest BCUT2D eigenvalue weighted by molar-refractivity contribution is 0.0292. The molecule has 3 heterocycles. The zero-order valence-corrected chi connectivity index (χ0v) is 18.3. The van der Waals surface area contributed by atoms with Crippen LogP contribution in [-0.4, -0.2) is 47.2 Å². The number of hydrogen-bond acceptors (Lipinski definition) is 8. The molecule has 0 radical (unpaired) electrons. The van der Waals surface area contributed by atoms with Crippen LogP contribution in [-0.2, 0) is 6.42 Å². The van der Waals surface area contributed by atoms with Crippen molar-refractivity contribution in [2.45, 2.75) is 38.0 Å². The Morgan fingerprint density at radius 1 is 1.09 bits per heavy atom. The number of halogens is 2. The molecule has 3 aromatic heterocycles. The predicted octanol–water partition coefficient (Wildman–Crippen LogP) is 2.48. The first-order valence-corrected chi connectivity index (χ1v) is 10.7. The maximum atomic E-state index is 14.6. The lowest BCUT2D eigenvalue weighted by Crippen LogP contribution is -2.30. The number of nitrogens with zero attached hydrogens (tertiary/aromatic N) is 5. The maximum Gasteiger partial charge on any atom is 0.222 e. The molecule has 0 bridgehead atoms. The number of aromatic nitrogens is 5. The standard InChI is InChI=1S/C22H21ClFN7O2/c1-9-13-8-27-31(21(13)30-22(26)28-9)17-6-11(18(32)19(17)33)3-2-10-4-15(24)12-7-14(23)20(25)29-16(12)5-10/h4-8,17-19,32-33H,2-3H2,1H3,(H2,25,29)(H2,26,28,30)/t17-,18-,19+/m1/s1. The van der Waals surface area contributed by atoms with E-state index in [1.807, 2.05) is 0 Å². The Balaban J connectivity index is 1.43. The summed E-state index contributed by atoms with van der Waals surface area (Å²) < 4.78 is 16.1. The van der Waals surface area contributed by atoms with Gasteiger partial charge < -0.3 is 21.7 Å². The van der Waals surface area contributed by atoms with E-state index in [0.717, 1.165) is 0 Å². The molecule has 6 N–H and O–H groups in total. The van der Waals surface area contributed by atoms with Crippen molar-refractivity contribution in [3.05, 3.63) is 58.1 Å². The largest absolute Gasteiger partial charge is 0.387 e. The maximum absolute atomic E-state index is 14.6. The molecular weight excluding hydrogens is 449 g/mol. The molecule has 3 atom stereocenters. The third kappa shape index (κ3) is 3.65. The Hall–Kier alpha value is -3.34. The summed E-state index contributed by atoms with van der Waals surface area (Å²) in [7, 11) is 0. The number of nitrogens with two attached hydrogens (primary N) is 2. The monoisotopic (exact) mass is 469 g/mol. The van der Waals surface area contributed by atoms with Crippen LogP contribution in [0.15, 0.2) is 36.0 Å². The van der Waals surface area contributed by atoms with Crippen molar-refractivity contribution in [3.63, 3.8) is 0 Å². The predicted molar refractivity (Wildman–Crippen MR) is 123 cm³/mol. The van der Waals surface area contributed by atoms with Gasteiger partial charge in [0, 0.05) is 5.39 Å². The number of nitrogen functional groups attached to an aromatic ring is 2. The van der Waals surface area contributed by atoms with Crippen molar-refractivity contribution >= 4 is 45.3 Å². The van der Waals surface area contributed by atoms with Crippen LogP contribution in [0.1, 0.15) is 23.7 Å². The molecule has 0 amide bonds. The van der Waals surface area contributed by atoms with Crippen molar-refractivity contribution in [2.75, 3.05) is 11.5 Å². The first-order chi connectivity index (χ1) is 15.7. The summed E-state index contributed by atoms with van der Waals surface area (Å²) >= 11 is 5.95. The van der Waals surface area contributed by atoms with E-state index in [4.69, 9.17) is 23.1 Å². The fraction of sp³-hybridized carbons (Fsp3) is 0.273. The summed E-state index contributed by atoms with van der Waals surface area (Å²) in [6, 6.07) is 3.98. The second kappa shape index (κ2) is 7.91. The average molecular weight is 470 g/mol. The number of benzene rings is 1. The molecule has 11 heteroatoms. The molecule has 1 aliphatic rings. The Bertz CT molecular complexity index is 1440. The highest BCUT2D eigenvalue weighted by Gasteiger charge is 2.37. The van der Waals surface area contributed by atoms with Crippen LogP contribution in [0, 0.1) is 12.7 Å². The van der Waals surface area contributed by atoms with Gasteiger partial charge in [0.2, 0.25) is 5.95 Å². The van der Waals surface area contributed by atoms with Crippen LogP contribution < -0.4 is 11.5 Å². The summed E-state index contributed by atoms with van der Waals surface area (Å²) in [6.45, 7) is 1.80. The van der Waals surface area contributed by atoms with Gasteiger partial charge in [-0.3, -0.25) is 0 Å². The van der Waals surface area contributed by atoms with Crippen molar-refractivity contribution in [1.82, 2.24) is 24.7 Å². The van der Waals surface area contributed by atoms with E-state index in [9.17, 15) is 14.6 Å². The summed E-state index contributed by atoms with van der Waals surface area (Å²) in [4.78, 5) is 12.5. The fourth-order valence-electron chi connectivity index (χ4n) is 4.29. The van der Waals surface area contributed by atoms with Gasteiger partial charge in [-0.1, -0.05) is 17.7 Å². The second-order valence-corrected chi connectivity index (χ2v) is 8.57. The van der Waals surface area contributed by atoms with Crippen LogP contribution in [0.4, 0.5) is 16.2 Å². The highest BCUT2D eigenvalue weighted by molar-refractivity contribution is 6.33. The van der Waals surface area contributed by atoms with Crippen molar-refractivity contribution in [3.8, 4) is 0 Å². The number of pyridine rings is 1. The van der Waals surface area contributed by atoms with E-state index in [2.05, 4.69) is 20.1 Å². The summed E-state index contributed by atoms with van der Waals surface area (Å²) in [5.41, 5.74) is 14.4. The zero-order valence-electron chi connectivity index (χ0n) is 17.6. The normalized spacial score (nSPS) is 20.6. The molecule has 33 heavy (non-hydrogen) atoms. The number of hydrogen-bond donors (Lipinski definition) is 4. The minimum atomic E-state index is -1.11. The summed E-state index contributed by atoms with van der Waals surface area (Å²) in [5.74, 6) is -0.217. The van der Waals surface area contributed by atoms with Gasteiger partial charge in [-0.25, -0.2) is 19.0 Å². The molecule has 0 saturated heterocycles. The van der Waals surface area contributed by atoms with E-state index in [-0.39, 0.29) is 22.2 Å². The highest BCUT2D eigenvalue weighted by Crippen LogP contribution is 2.34. The molecule has 170 valence electrons. The van der Waals surface area contributed by atoms with Gasteiger partial charge in [0.1, 0.15) is 29.9 Å². The molecule has 0 aliphatic heterocycles. The molecule has 1 aromatic carbocycles. The van der Waals surface area contributed by atoms with Gasteiger partial charge in [0.05, 0.1) is 27.8 Å². The smallest absolute Gasteiger partial charge is 0.222 e. The molecule has 9 nitrogen and oxygen atoms in total. The average Bonchev–Trinajstić information content (AvgIpc) is 3.29. The van der Waals surface area contributed by atoms with E-state index in [1.165, 1.54) is 16.8 Å². The van der Waals surface area contributed by atoms with Gasteiger partial charge in [-0.05, 0) is 49.1 Å². The third-order valence-electron chi connectivity index (χ3n) is 6.01. The Kier molecular flexibility index (Phi) is 5.15. The second-order valence-electron chi connectivity index (χ2n) is 8.16. The minimum absolute atomic E-state index is 0.104. The van der Waals surface area contributed by atoms with Crippen LogP contribution in [0.5, 0.6) is 0 Å². The number of rotatable bonds is 4. The molecular formula is C22H21ClFN7O2. The van der Waals surface area contributed by atoms with Crippen molar-refractivity contribution in [1.29, 1.82) is 0 Å². The van der Waals surface area contributed by atoms with Gasteiger partial charge in [-0.2, -0.15) is 10.1 Å². The van der Waals surface area contributed by atoms with Crippen molar-refractivity contribution < 1.29 is 14.6 Å².